The van der Waals surface area contributed by atoms with Crippen molar-refractivity contribution in [3.05, 3.63) is 29.8 Å². The second-order valence-electron chi connectivity index (χ2n) is 5.01. The van der Waals surface area contributed by atoms with Crippen LogP contribution in [0.25, 0.3) is 0 Å². The predicted octanol–water partition coefficient (Wildman–Crippen LogP) is 2.18. The van der Waals surface area contributed by atoms with Crippen LogP contribution in [0.2, 0.25) is 0 Å². The van der Waals surface area contributed by atoms with Crippen LogP contribution in [-0.4, -0.2) is 30.6 Å². The summed E-state index contributed by atoms with van der Waals surface area (Å²) in [6, 6.07) is 9.34. The Morgan fingerprint density at radius 1 is 1.41 bits per heavy atom. The molecule has 0 amide bonds. The molecular weight excluding hydrogens is 212 g/mol. The third kappa shape index (κ3) is 2.45. The molecule has 17 heavy (non-hydrogen) atoms. The Morgan fingerprint density at radius 2 is 2.18 bits per heavy atom. The molecule has 2 N–H and O–H groups in total. The van der Waals surface area contributed by atoms with Gasteiger partial charge in [-0.05, 0) is 38.0 Å². The molecule has 94 valence electrons. The van der Waals surface area contributed by atoms with Crippen LogP contribution in [0.1, 0.15) is 31.9 Å². The summed E-state index contributed by atoms with van der Waals surface area (Å²) >= 11 is 0. The van der Waals surface area contributed by atoms with Gasteiger partial charge in [0.1, 0.15) is 5.75 Å². The Morgan fingerprint density at radius 3 is 2.82 bits per heavy atom. The van der Waals surface area contributed by atoms with Crippen molar-refractivity contribution >= 4 is 0 Å². The molecular formula is C14H22N2O. The first-order valence-electron chi connectivity index (χ1n) is 6.28. The lowest BCUT2D eigenvalue weighted by Crippen LogP contribution is -2.35. The van der Waals surface area contributed by atoms with E-state index in [9.17, 15) is 0 Å². The Balaban J connectivity index is 2.29. The van der Waals surface area contributed by atoms with Crippen molar-refractivity contribution in [3.8, 4) is 5.75 Å². The van der Waals surface area contributed by atoms with E-state index < -0.39 is 0 Å². The smallest absolute Gasteiger partial charge is 0.119 e. The van der Waals surface area contributed by atoms with Gasteiger partial charge in [-0.1, -0.05) is 12.1 Å². The van der Waals surface area contributed by atoms with E-state index in [0.717, 1.165) is 18.7 Å². The van der Waals surface area contributed by atoms with Crippen LogP contribution in [0.4, 0.5) is 0 Å². The normalized spacial score (nSPS) is 25.5. The van der Waals surface area contributed by atoms with Gasteiger partial charge < -0.3 is 10.5 Å². The van der Waals surface area contributed by atoms with E-state index in [0.29, 0.717) is 12.1 Å². The first-order chi connectivity index (χ1) is 8.13. The number of nitrogens with zero attached hydrogens (tertiary/aromatic N) is 1. The Labute approximate surface area is 104 Å². The number of rotatable bonds is 3. The molecule has 1 aliphatic rings. The molecule has 1 saturated heterocycles. The summed E-state index contributed by atoms with van der Waals surface area (Å²) in [5.41, 5.74) is 7.51. The fourth-order valence-corrected chi connectivity index (χ4v) is 2.68. The highest BCUT2D eigenvalue weighted by molar-refractivity contribution is 5.32. The summed E-state index contributed by atoms with van der Waals surface area (Å²) < 4.78 is 5.29. The number of hydrogen-bond donors (Lipinski definition) is 1. The standard InChI is InChI=1S/C14H22N2O/c1-10(2)16-8-7-13(15)14(16)11-5-4-6-12(9-11)17-3/h4-6,9-10,13-14H,7-8,15H2,1-3H3. The van der Waals surface area contributed by atoms with Gasteiger partial charge in [0.05, 0.1) is 13.2 Å². The van der Waals surface area contributed by atoms with Gasteiger partial charge in [-0.2, -0.15) is 0 Å². The summed E-state index contributed by atoms with van der Waals surface area (Å²) in [4.78, 5) is 2.47. The molecule has 2 atom stereocenters. The van der Waals surface area contributed by atoms with Crippen LogP contribution in [0.15, 0.2) is 24.3 Å². The van der Waals surface area contributed by atoms with Crippen molar-refractivity contribution in [2.75, 3.05) is 13.7 Å². The van der Waals surface area contributed by atoms with Gasteiger partial charge in [0.2, 0.25) is 0 Å². The van der Waals surface area contributed by atoms with E-state index in [1.807, 2.05) is 12.1 Å². The predicted molar refractivity (Wildman–Crippen MR) is 70.2 cm³/mol. The average Bonchev–Trinajstić information content (AvgIpc) is 2.71. The van der Waals surface area contributed by atoms with Gasteiger partial charge in [-0.15, -0.1) is 0 Å². The highest BCUT2D eigenvalue weighted by Gasteiger charge is 2.34. The Hall–Kier alpha value is -1.06. The fraction of sp³-hybridized carbons (Fsp3) is 0.571. The summed E-state index contributed by atoms with van der Waals surface area (Å²) in [6.07, 6.45) is 1.07. The van der Waals surface area contributed by atoms with Crippen molar-refractivity contribution < 1.29 is 4.74 Å². The number of likely N-dealkylation sites (tertiary alicyclic amines) is 1. The largest absolute Gasteiger partial charge is 0.497 e. The topological polar surface area (TPSA) is 38.5 Å². The first-order valence-corrected chi connectivity index (χ1v) is 6.28. The second kappa shape index (κ2) is 5.07. The third-order valence-electron chi connectivity index (χ3n) is 3.58. The van der Waals surface area contributed by atoms with E-state index in [-0.39, 0.29) is 6.04 Å². The molecule has 0 aromatic heterocycles. The minimum atomic E-state index is 0.226. The SMILES string of the molecule is COc1cccc(C2C(N)CCN2C(C)C)c1. The van der Waals surface area contributed by atoms with Gasteiger partial charge in [0, 0.05) is 18.6 Å². The maximum Gasteiger partial charge on any atom is 0.119 e. The Kier molecular flexibility index (Phi) is 3.69. The van der Waals surface area contributed by atoms with E-state index in [2.05, 4.69) is 30.9 Å². The van der Waals surface area contributed by atoms with Crippen LogP contribution in [-0.2, 0) is 0 Å². The highest BCUT2D eigenvalue weighted by Crippen LogP contribution is 2.34. The van der Waals surface area contributed by atoms with Gasteiger partial charge in [-0.3, -0.25) is 4.90 Å². The van der Waals surface area contributed by atoms with Gasteiger partial charge in [0.15, 0.2) is 0 Å². The van der Waals surface area contributed by atoms with Crippen LogP contribution in [0, 0.1) is 0 Å². The zero-order valence-electron chi connectivity index (χ0n) is 10.9. The molecule has 0 aliphatic carbocycles. The van der Waals surface area contributed by atoms with Crippen molar-refractivity contribution in [2.45, 2.75) is 38.4 Å². The molecule has 0 bridgehead atoms. The molecule has 0 saturated carbocycles. The van der Waals surface area contributed by atoms with E-state index >= 15 is 0 Å². The summed E-state index contributed by atoms with van der Waals surface area (Å²) in [5.74, 6) is 0.908. The van der Waals surface area contributed by atoms with Crippen molar-refractivity contribution in [3.63, 3.8) is 0 Å². The monoisotopic (exact) mass is 234 g/mol. The quantitative estimate of drug-likeness (QED) is 0.871. The highest BCUT2D eigenvalue weighted by atomic mass is 16.5. The molecule has 1 aromatic carbocycles. The number of ether oxygens (including phenoxy) is 1. The molecule has 2 unspecified atom stereocenters. The van der Waals surface area contributed by atoms with Gasteiger partial charge >= 0.3 is 0 Å². The lowest BCUT2D eigenvalue weighted by molar-refractivity contribution is 0.198. The van der Waals surface area contributed by atoms with E-state index in [1.54, 1.807) is 7.11 Å². The summed E-state index contributed by atoms with van der Waals surface area (Å²) in [7, 11) is 1.70. The molecule has 2 rings (SSSR count). The van der Waals surface area contributed by atoms with Crippen molar-refractivity contribution in [1.29, 1.82) is 0 Å². The lowest BCUT2D eigenvalue weighted by atomic mass is 10.00. The zero-order chi connectivity index (χ0) is 12.4. The molecule has 1 fully saturated rings. The molecule has 3 heteroatoms. The second-order valence-corrected chi connectivity index (χ2v) is 5.01. The van der Waals surface area contributed by atoms with Crippen LogP contribution in [0.3, 0.4) is 0 Å². The lowest BCUT2D eigenvalue weighted by Gasteiger charge is -2.30. The number of methoxy groups -OCH3 is 1. The van der Waals surface area contributed by atoms with E-state index in [1.165, 1.54) is 5.56 Å². The summed E-state index contributed by atoms with van der Waals surface area (Å²) in [5, 5.41) is 0. The molecule has 3 nitrogen and oxygen atoms in total. The molecule has 1 aliphatic heterocycles. The van der Waals surface area contributed by atoms with Gasteiger partial charge in [0.25, 0.3) is 0 Å². The Bertz CT molecular complexity index is 378. The molecule has 1 heterocycles. The summed E-state index contributed by atoms with van der Waals surface area (Å²) in [6.45, 7) is 5.54. The fourth-order valence-electron chi connectivity index (χ4n) is 2.68. The zero-order valence-corrected chi connectivity index (χ0v) is 10.9. The van der Waals surface area contributed by atoms with E-state index in [4.69, 9.17) is 10.5 Å². The van der Waals surface area contributed by atoms with Crippen LogP contribution in [0.5, 0.6) is 5.75 Å². The third-order valence-corrected chi connectivity index (χ3v) is 3.58. The first kappa shape index (κ1) is 12.4. The maximum absolute atomic E-state index is 6.25. The minimum absolute atomic E-state index is 0.226. The maximum atomic E-state index is 6.25. The number of nitrogens with two attached hydrogens (primary N) is 1. The average molecular weight is 234 g/mol. The molecule has 1 aromatic rings. The molecule has 0 spiro atoms. The number of benzene rings is 1. The van der Waals surface area contributed by atoms with Crippen molar-refractivity contribution in [1.82, 2.24) is 4.90 Å². The minimum Gasteiger partial charge on any atom is -0.497 e. The van der Waals surface area contributed by atoms with Crippen molar-refractivity contribution in [2.24, 2.45) is 5.73 Å². The number of hydrogen-bond acceptors (Lipinski definition) is 3. The van der Waals surface area contributed by atoms with Crippen LogP contribution < -0.4 is 10.5 Å². The van der Waals surface area contributed by atoms with Crippen LogP contribution >= 0.6 is 0 Å². The van der Waals surface area contributed by atoms with Gasteiger partial charge in [-0.25, -0.2) is 0 Å². The molecule has 0 radical (unpaired) electrons.